The highest BCUT2D eigenvalue weighted by atomic mass is 19.3. The summed E-state index contributed by atoms with van der Waals surface area (Å²) in [5, 5.41) is 8.03. The molecular formula is C14H12F4N4O2. The third kappa shape index (κ3) is 2.91. The SMILES string of the molecule is O=C(Nc1c(F)cccc1F)NC1(c2noc(C(F)F)n2)CCC1. The number of hydrogen-bond acceptors (Lipinski definition) is 4. The molecule has 1 fully saturated rings. The Bertz CT molecular complexity index is 741. The fourth-order valence-electron chi connectivity index (χ4n) is 2.43. The first-order valence-corrected chi connectivity index (χ1v) is 7.07. The third-order valence-electron chi connectivity index (χ3n) is 3.82. The highest BCUT2D eigenvalue weighted by molar-refractivity contribution is 5.90. The van der Waals surface area contributed by atoms with Gasteiger partial charge in [0, 0.05) is 0 Å². The largest absolute Gasteiger partial charge is 0.333 e. The van der Waals surface area contributed by atoms with Crippen molar-refractivity contribution in [2.75, 3.05) is 5.32 Å². The van der Waals surface area contributed by atoms with Crippen LogP contribution in [0.1, 0.15) is 37.4 Å². The number of carbonyl (C=O) groups excluding carboxylic acids is 1. The molecule has 1 heterocycles. The van der Waals surface area contributed by atoms with Crippen LogP contribution in [0.15, 0.2) is 22.7 Å². The summed E-state index contributed by atoms with van der Waals surface area (Å²) in [5.41, 5.74) is -1.70. The van der Waals surface area contributed by atoms with Crippen molar-refractivity contribution < 1.29 is 26.9 Å². The number of rotatable bonds is 4. The number of amides is 2. The number of carbonyl (C=O) groups is 1. The van der Waals surface area contributed by atoms with Crippen LogP contribution in [0.4, 0.5) is 28.0 Å². The number of para-hydroxylation sites is 1. The van der Waals surface area contributed by atoms with Gasteiger partial charge < -0.3 is 15.2 Å². The molecule has 2 amide bonds. The smallest absolute Gasteiger partial charge is 0.320 e. The van der Waals surface area contributed by atoms with Gasteiger partial charge in [-0.2, -0.15) is 13.8 Å². The van der Waals surface area contributed by atoms with Crippen molar-refractivity contribution in [3.05, 3.63) is 41.5 Å². The van der Waals surface area contributed by atoms with Crippen molar-refractivity contribution in [3.8, 4) is 0 Å². The molecule has 1 aromatic carbocycles. The lowest BCUT2D eigenvalue weighted by molar-refractivity contribution is 0.106. The zero-order chi connectivity index (χ0) is 17.3. The lowest BCUT2D eigenvalue weighted by Crippen LogP contribution is -2.53. The second kappa shape index (κ2) is 6.10. The van der Waals surface area contributed by atoms with Gasteiger partial charge in [-0.25, -0.2) is 13.6 Å². The van der Waals surface area contributed by atoms with E-state index < -0.39 is 41.2 Å². The fraction of sp³-hybridized carbons (Fsp3) is 0.357. The van der Waals surface area contributed by atoms with Crippen LogP contribution in [0.3, 0.4) is 0 Å². The summed E-state index contributed by atoms with van der Waals surface area (Å²) >= 11 is 0. The van der Waals surface area contributed by atoms with Crippen LogP contribution in [0.25, 0.3) is 0 Å². The zero-order valence-corrected chi connectivity index (χ0v) is 12.2. The van der Waals surface area contributed by atoms with Crippen molar-refractivity contribution >= 4 is 11.7 Å². The van der Waals surface area contributed by atoms with Crippen LogP contribution < -0.4 is 10.6 Å². The van der Waals surface area contributed by atoms with Crippen LogP contribution in [-0.4, -0.2) is 16.2 Å². The Hall–Kier alpha value is -2.65. The van der Waals surface area contributed by atoms with E-state index in [1.54, 1.807) is 0 Å². The number of nitrogens with zero attached hydrogens (tertiary/aromatic N) is 2. The number of aromatic nitrogens is 2. The molecular weight excluding hydrogens is 332 g/mol. The van der Waals surface area contributed by atoms with E-state index in [1.165, 1.54) is 0 Å². The first-order valence-electron chi connectivity index (χ1n) is 7.07. The van der Waals surface area contributed by atoms with E-state index in [-0.39, 0.29) is 5.82 Å². The minimum Gasteiger partial charge on any atom is -0.333 e. The Morgan fingerprint density at radius 2 is 1.92 bits per heavy atom. The van der Waals surface area contributed by atoms with Crippen LogP contribution in [0, 0.1) is 11.6 Å². The van der Waals surface area contributed by atoms with Gasteiger partial charge in [0.25, 0.3) is 5.89 Å². The second-order valence-corrected chi connectivity index (χ2v) is 5.37. The molecule has 3 rings (SSSR count). The van der Waals surface area contributed by atoms with E-state index in [9.17, 15) is 22.4 Å². The zero-order valence-electron chi connectivity index (χ0n) is 12.2. The fourth-order valence-corrected chi connectivity index (χ4v) is 2.43. The molecule has 2 N–H and O–H groups in total. The highest BCUT2D eigenvalue weighted by Gasteiger charge is 2.45. The van der Waals surface area contributed by atoms with Crippen LogP contribution in [0.5, 0.6) is 0 Å². The molecule has 1 aliphatic rings. The molecule has 2 aromatic rings. The molecule has 0 bridgehead atoms. The molecule has 6 nitrogen and oxygen atoms in total. The summed E-state index contributed by atoms with van der Waals surface area (Å²) in [6.07, 6.45) is -1.44. The average molecular weight is 344 g/mol. The quantitative estimate of drug-likeness (QED) is 0.832. The maximum Gasteiger partial charge on any atom is 0.320 e. The molecule has 1 aliphatic carbocycles. The van der Waals surface area contributed by atoms with Gasteiger partial charge in [0.05, 0.1) is 0 Å². The Kier molecular flexibility index (Phi) is 4.12. The van der Waals surface area contributed by atoms with Crippen LogP contribution in [0.2, 0.25) is 0 Å². The van der Waals surface area contributed by atoms with E-state index in [4.69, 9.17) is 0 Å². The maximum absolute atomic E-state index is 13.5. The lowest BCUT2D eigenvalue weighted by Gasteiger charge is -2.39. The van der Waals surface area contributed by atoms with Gasteiger partial charge >= 0.3 is 12.5 Å². The first kappa shape index (κ1) is 16.2. The molecule has 0 aliphatic heterocycles. The molecule has 1 aromatic heterocycles. The van der Waals surface area contributed by atoms with Gasteiger partial charge in [-0.1, -0.05) is 11.2 Å². The molecule has 128 valence electrons. The molecule has 0 spiro atoms. The van der Waals surface area contributed by atoms with E-state index in [2.05, 4.69) is 25.3 Å². The molecule has 10 heteroatoms. The van der Waals surface area contributed by atoms with E-state index >= 15 is 0 Å². The van der Waals surface area contributed by atoms with E-state index in [0.717, 1.165) is 18.2 Å². The Balaban J connectivity index is 1.76. The van der Waals surface area contributed by atoms with Gasteiger partial charge in [-0.05, 0) is 31.4 Å². The predicted molar refractivity (Wildman–Crippen MR) is 73.3 cm³/mol. The van der Waals surface area contributed by atoms with Gasteiger partial charge in [0.15, 0.2) is 5.82 Å². The van der Waals surface area contributed by atoms with Gasteiger partial charge in [0.1, 0.15) is 22.9 Å². The third-order valence-corrected chi connectivity index (χ3v) is 3.82. The monoisotopic (exact) mass is 344 g/mol. The van der Waals surface area contributed by atoms with Crippen molar-refractivity contribution in [1.82, 2.24) is 15.5 Å². The number of anilines is 1. The number of halogens is 4. The predicted octanol–water partition coefficient (Wildman–Crippen LogP) is 3.49. The summed E-state index contributed by atoms with van der Waals surface area (Å²) in [6.45, 7) is 0. The Labute approximate surface area is 133 Å². The van der Waals surface area contributed by atoms with Crippen molar-refractivity contribution in [2.45, 2.75) is 31.2 Å². The molecule has 24 heavy (non-hydrogen) atoms. The van der Waals surface area contributed by atoms with Gasteiger partial charge in [-0.3, -0.25) is 0 Å². The summed E-state index contributed by atoms with van der Waals surface area (Å²) < 4.78 is 56.6. The highest BCUT2D eigenvalue weighted by Crippen LogP contribution is 2.40. The Morgan fingerprint density at radius 1 is 1.25 bits per heavy atom. The van der Waals surface area contributed by atoms with Crippen molar-refractivity contribution in [2.24, 2.45) is 0 Å². The number of hydrogen-bond donors (Lipinski definition) is 2. The van der Waals surface area contributed by atoms with Crippen molar-refractivity contribution in [1.29, 1.82) is 0 Å². The minimum atomic E-state index is -2.93. The van der Waals surface area contributed by atoms with Crippen molar-refractivity contribution in [3.63, 3.8) is 0 Å². The summed E-state index contributed by atoms with van der Waals surface area (Å²) in [6, 6.07) is 2.24. The first-order chi connectivity index (χ1) is 11.4. The standard InChI is InChI=1S/C14H12F4N4O2/c15-7-3-1-4-8(16)9(7)19-13(23)21-14(5-2-6-14)12-20-11(10(17)18)24-22-12/h1,3-4,10H,2,5-6H2,(H2,19,21,23). The van der Waals surface area contributed by atoms with Crippen LogP contribution >= 0.6 is 0 Å². The van der Waals surface area contributed by atoms with E-state index in [1.807, 2.05) is 0 Å². The van der Waals surface area contributed by atoms with E-state index in [0.29, 0.717) is 19.3 Å². The van der Waals surface area contributed by atoms with Crippen LogP contribution in [-0.2, 0) is 5.54 Å². The van der Waals surface area contributed by atoms with Gasteiger partial charge in [-0.15, -0.1) is 0 Å². The number of benzene rings is 1. The Morgan fingerprint density at radius 3 is 2.42 bits per heavy atom. The minimum absolute atomic E-state index is 0.0896. The molecule has 0 atom stereocenters. The second-order valence-electron chi connectivity index (χ2n) is 5.37. The summed E-state index contributed by atoms with van der Waals surface area (Å²) in [7, 11) is 0. The topological polar surface area (TPSA) is 80.0 Å². The lowest BCUT2D eigenvalue weighted by atomic mass is 9.76. The molecule has 0 unspecified atom stereocenters. The summed E-state index contributed by atoms with van der Waals surface area (Å²) in [5.74, 6) is -2.81. The normalized spacial score (nSPS) is 15.9. The number of nitrogens with one attached hydrogen (secondary N) is 2. The molecule has 1 saturated carbocycles. The maximum atomic E-state index is 13.5. The molecule has 0 radical (unpaired) electrons. The number of urea groups is 1. The summed E-state index contributed by atoms with van der Waals surface area (Å²) in [4.78, 5) is 15.6. The average Bonchev–Trinajstić information content (AvgIpc) is 2.97. The van der Waals surface area contributed by atoms with Gasteiger partial charge in [0.2, 0.25) is 0 Å². The number of alkyl halides is 2. The molecule has 0 saturated heterocycles.